The van der Waals surface area contributed by atoms with Crippen molar-refractivity contribution in [3.05, 3.63) is 0 Å². The molecule has 0 amide bonds. The molecule has 0 aliphatic carbocycles. The highest BCUT2D eigenvalue weighted by molar-refractivity contribution is 4.91. The first-order valence-electron chi connectivity index (χ1n) is 3.00. The van der Waals surface area contributed by atoms with Crippen LogP contribution in [-0.4, -0.2) is 24.4 Å². The van der Waals surface area contributed by atoms with Crippen LogP contribution in [0.25, 0.3) is 0 Å². The Bertz CT molecular complexity index is 267. The van der Waals surface area contributed by atoms with E-state index in [2.05, 4.69) is 9.47 Å². The molecule has 0 aromatic carbocycles. The van der Waals surface area contributed by atoms with Gasteiger partial charge in [-0.25, -0.2) is 9.47 Å². The van der Waals surface area contributed by atoms with Crippen LogP contribution < -0.4 is 0 Å². The summed E-state index contributed by atoms with van der Waals surface area (Å²) in [7, 11) is 0. The van der Waals surface area contributed by atoms with Crippen molar-refractivity contribution in [1.29, 1.82) is 0 Å². The standard InChI is InChI=1S/C4F8O3/c5-1(3(8,9)15-12)2(6,7)14-4(10,11)13-1. The van der Waals surface area contributed by atoms with Gasteiger partial charge in [0.05, 0.1) is 0 Å². The van der Waals surface area contributed by atoms with E-state index < -0.39 is 24.4 Å². The van der Waals surface area contributed by atoms with Crippen molar-refractivity contribution in [3.8, 4) is 0 Å². The Morgan fingerprint density at radius 3 is 1.67 bits per heavy atom. The minimum absolute atomic E-state index is 1.53. The molecule has 0 radical (unpaired) electrons. The largest absolute Gasteiger partial charge is 0.493 e. The molecular weight excluding hydrogens is 248 g/mol. The molecule has 11 heteroatoms. The van der Waals surface area contributed by atoms with E-state index in [1.165, 1.54) is 4.94 Å². The van der Waals surface area contributed by atoms with E-state index in [0.717, 1.165) is 0 Å². The van der Waals surface area contributed by atoms with E-state index in [9.17, 15) is 35.3 Å². The first-order valence-corrected chi connectivity index (χ1v) is 3.00. The van der Waals surface area contributed by atoms with Gasteiger partial charge in [-0.05, 0) is 4.53 Å². The zero-order chi connectivity index (χ0) is 12.1. The lowest BCUT2D eigenvalue weighted by Crippen LogP contribution is -2.56. The molecule has 1 heterocycles. The molecule has 0 aromatic rings. The predicted octanol–water partition coefficient (Wildman–Crippen LogP) is 2.34. The van der Waals surface area contributed by atoms with Gasteiger partial charge < -0.3 is 0 Å². The lowest BCUT2D eigenvalue weighted by Gasteiger charge is -2.26. The van der Waals surface area contributed by atoms with Crippen molar-refractivity contribution in [1.82, 2.24) is 0 Å². The zero-order valence-electron chi connectivity index (χ0n) is 6.25. The van der Waals surface area contributed by atoms with Crippen LogP contribution in [0.15, 0.2) is 0 Å². The summed E-state index contributed by atoms with van der Waals surface area (Å²) in [5.41, 5.74) is 0. The number of halogens is 8. The fraction of sp³-hybridized carbons (Fsp3) is 1.00. The molecule has 0 aromatic heterocycles. The smallest absolute Gasteiger partial charge is 0.242 e. The topological polar surface area (TPSA) is 27.7 Å². The highest BCUT2D eigenvalue weighted by Gasteiger charge is 2.84. The van der Waals surface area contributed by atoms with E-state index in [1.807, 2.05) is 0 Å². The maximum atomic E-state index is 12.7. The first-order chi connectivity index (χ1) is 6.47. The summed E-state index contributed by atoms with van der Waals surface area (Å²) in [6, 6.07) is 0. The Hall–Kier alpha value is -0.680. The fourth-order valence-electron chi connectivity index (χ4n) is 0.737. The number of hydrogen-bond donors (Lipinski definition) is 0. The fourth-order valence-corrected chi connectivity index (χ4v) is 0.737. The lowest BCUT2D eigenvalue weighted by atomic mass is 10.2. The van der Waals surface area contributed by atoms with Crippen LogP contribution in [0.3, 0.4) is 0 Å². The Kier molecular flexibility index (Phi) is 2.41. The van der Waals surface area contributed by atoms with E-state index in [1.54, 1.807) is 0 Å². The van der Waals surface area contributed by atoms with Gasteiger partial charge in [0.2, 0.25) is 0 Å². The molecule has 3 nitrogen and oxygen atoms in total. The van der Waals surface area contributed by atoms with Gasteiger partial charge in [0, 0.05) is 0 Å². The van der Waals surface area contributed by atoms with Gasteiger partial charge in [0.25, 0.3) is 0 Å². The predicted molar refractivity (Wildman–Crippen MR) is 23.0 cm³/mol. The Morgan fingerprint density at radius 2 is 1.40 bits per heavy atom. The quantitative estimate of drug-likeness (QED) is 0.702. The SMILES string of the molecule is FOC(F)(F)C1(F)OC(F)(F)OC1(F)F. The molecule has 1 aliphatic rings. The summed E-state index contributed by atoms with van der Waals surface area (Å²) in [6.07, 6.45) is -17.1. The van der Waals surface area contributed by atoms with E-state index in [-0.39, 0.29) is 0 Å². The van der Waals surface area contributed by atoms with E-state index >= 15 is 0 Å². The van der Waals surface area contributed by atoms with Crippen molar-refractivity contribution < 1.29 is 49.7 Å². The average molecular weight is 248 g/mol. The molecule has 1 rings (SSSR count). The van der Waals surface area contributed by atoms with Crippen LogP contribution in [-0.2, 0) is 14.4 Å². The third-order valence-electron chi connectivity index (χ3n) is 1.35. The van der Waals surface area contributed by atoms with Crippen LogP contribution in [0, 0.1) is 0 Å². The van der Waals surface area contributed by atoms with Crippen LogP contribution in [0.5, 0.6) is 0 Å². The van der Waals surface area contributed by atoms with Crippen LogP contribution >= 0.6 is 0 Å². The van der Waals surface area contributed by atoms with Crippen LogP contribution in [0.1, 0.15) is 0 Å². The monoisotopic (exact) mass is 248 g/mol. The molecule has 1 saturated heterocycles. The number of ether oxygens (including phenoxy) is 2. The van der Waals surface area contributed by atoms with Gasteiger partial charge in [-0.3, -0.25) is 0 Å². The van der Waals surface area contributed by atoms with Crippen molar-refractivity contribution >= 4 is 0 Å². The summed E-state index contributed by atoms with van der Waals surface area (Å²) in [6.45, 7) is 0. The Morgan fingerprint density at radius 1 is 0.933 bits per heavy atom. The van der Waals surface area contributed by atoms with Crippen molar-refractivity contribution in [3.63, 3.8) is 0 Å². The Labute approximate surface area is 75.4 Å². The van der Waals surface area contributed by atoms with Gasteiger partial charge in [0.1, 0.15) is 0 Å². The number of hydrogen-bond acceptors (Lipinski definition) is 3. The molecule has 15 heavy (non-hydrogen) atoms. The van der Waals surface area contributed by atoms with Crippen molar-refractivity contribution in [2.45, 2.75) is 24.4 Å². The highest BCUT2D eigenvalue weighted by Crippen LogP contribution is 2.55. The van der Waals surface area contributed by atoms with Crippen molar-refractivity contribution in [2.75, 3.05) is 0 Å². The second kappa shape index (κ2) is 2.92. The first kappa shape index (κ1) is 12.4. The van der Waals surface area contributed by atoms with Gasteiger partial charge in [-0.15, -0.1) is 13.7 Å². The highest BCUT2D eigenvalue weighted by atomic mass is 19.4. The minimum atomic E-state index is -5.96. The maximum Gasteiger partial charge on any atom is 0.493 e. The summed E-state index contributed by atoms with van der Waals surface area (Å²) in [4.78, 5) is 1.53. The van der Waals surface area contributed by atoms with Gasteiger partial charge in [-0.1, -0.05) is 0 Å². The van der Waals surface area contributed by atoms with Gasteiger partial charge >= 0.3 is 24.4 Å². The molecule has 1 unspecified atom stereocenters. The lowest BCUT2D eigenvalue weighted by molar-refractivity contribution is -0.481. The zero-order valence-corrected chi connectivity index (χ0v) is 6.25. The number of rotatable bonds is 2. The molecule has 0 bridgehead atoms. The summed E-state index contributed by atoms with van der Waals surface area (Å²) in [5, 5.41) is 0. The van der Waals surface area contributed by atoms with Crippen LogP contribution in [0.2, 0.25) is 0 Å². The van der Waals surface area contributed by atoms with Crippen molar-refractivity contribution in [2.24, 2.45) is 0 Å². The third kappa shape index (κ3) is 1.63. The molecule has 1 aliphatic heterocycles. The molecule has 0 saturated carbocycles. The minimum Gasteiger partial charge on any atom is -0.242 e. The summed E-state index contributed by atoms with van der Waals surface area (Å²) >= 11 is 0. The van der Waals surface area contributed by atoms with E-state index in [0.29, 0.717) is 0 Å². The summed E-state index contributed by atoms with van der Waals surface area (Å²) < 4.78 is 101. The Balaban J connectivity index is 3.14. The number of alkyl halides is 7. The third-order valence-corrected chi connectivity index (χ3v) is 1.35. The maximum absolute atomic E-state index is 12.7. The second-order valence-corrected chi connectivity index (χ2v) is 2.37. The normalized spacial score (nSPS) is 34.4. The molecule has 1 fully saturated rings. The van der Waals surface area contributed by atoms with E-state index in [4.69, 9.17) is 0 Å². The molecule has 0 N–H and O–H groups in total. The molecule has 1 atom stereocenters. The average Bonchev–Trinajstić information content (AvgIpc) is 2.16. The van der Waals surface area contributed by atoms with Gasteiger partial charge in [-0.2, -0.15) is 22.0 Å². The van der Waals surface area contributed by atoms with Gasteiger partial charge in [0.15, 0.2) is 0 Å². The molecular formula is C4F8O3. The molecule has 0 spiro atoms. The molecule has 90 valence electrons. The van der Waals surface area contributed by atoms with Crippen LogP contribution in [0.4, 0.5) is 35.3 Å². The second-order valence-electron chi connectivity index (χ2n) is 2.37. The summed E-state index contributed by atoms with van der Waals surface area (Å²) in [5.74, 6) is -5.77.